The van der Waals surface area contributed by atoms with Gasteiger partial charge < -0.3 is 27.2 Å². The fourth-order valence-electron chi connectivity index (χ4n) is 1.23. The molecule has 7 heteroatoms. The van der Waals surface area contributed by atoms with E-state index in [0.29, 0.717) is 6.61 Å². The molecule has 96 valence electrons. The van der Waals surface area contributed by atoms with Crippen molar-refractivity contribution in [1.29, 1.82) is 0 Å². The summed E-state index contributed by atoms with van der Waals surface area (Å²) in [6.45, 7) is -3.25. The second-order valence-corrected chi connectivity index (χ2v) is 3.23. The summed E-state index contributed by atoms with van der Waals surface area (Å²) < 4.78 is 52.8. The van der Waals surface area contributed by atoms with E-state index >= 15 is 0 Å². The smallest absolute Gasteiger partial charge is 0.497 e. The molecule has 1 aromatic rings. The van der Waals surface area contributed by atoms with Gasteiger partial charge in [0.15, 0.2) is 6.79 Å². The Bertz CT molecular complexity index is 368. The van der Waals surface area contributed by atoms with Gasteiger partial charge in [-0.2, -0.15) is 0 Å². The molecule has 0 N–H and O–H groups in total. The lowest BCUT2D eigenvalue weighted by atomic mass is 9.79. The van der Waals surface area contributed by atoms with Crippen LogP contribution in [-0.2, 0) is 4.74 Å². The molecule has 3 nitrogen and oxygen atoms in total. The first-order valence-electron chi connectivity index (χ1n) is 5.07. The molecule has 17 heavy (non-hydrogen) atoms. The van der Waals surface area contributed by atoms with Crippen LogP contribution in [0.1, 0.15) is 6.92 Å². The number of methoxy groups -OCH3 is 1. The lowest BCUT2D eigenvalue weighted by Gasteiger charge is -2.20. The van der Waals surface area contributed by atoms with Gasteiger partial charge in [0.1, 0.15) is 5.75 Å². The molecular formula is C10H13BF3O3-. The highest BCUT2D eigenvalue weighted by atomic mass is 19.4. The Balaban J connectivity index is 2.95. The van der Waals surface area contributed by atoms with E-state index < -0.39 is 12.4 Å². The molecule has 0 aliphatic carbocycles. The van der Waals surface area contributed by atoms with Crippen LogP contribution in [0.3, 0.4) is 0 Å². The summed E-state index contributed by atoms with van der Waals surface area (Å²) in [6.07, 6.45) is 0. The Kier molecular flexibility index (Phi) is 4.68. The van der Waals surface area contributed by atoms with Crippen LogP contribution in [0.5, 0.6) is 11.5 Å². The van der Waals surface area contributed by atoms with Crippen molar-refractivity contribution in [3.8, 4) is 11.5 Å². The van der Waals surface area contributed by atoms with Crippen LogP contribution < -0.4 is 14.9 Å². The monoisotopic (exact) mass is 249 g/mol. The van der Waals surface area contributed by atoms with Gasteiger partial charge in [-0.1, -0.05) is 5.46 Å². The summed E-state index contributed by atoms with van der Waals surface area (Å²) in [5.41, 5.74) is -0.816. The van der Waals surface area contributed by atoms with Crippen molar-refractivity contribution in [3.05, 3.63) is 18.2 Å². The van der Waals surface area contributed by atoms with E-state index in [-0.39, 0.29) is 18.3 Å². The topological polar surface area (TPSA) is 27.7 Å². The highest BCUT2D eigenvalue weighted by Crippen LogP contribution is 2.22. The minimum atomic E-state index is -5.15. The highest BCUT2D eigenvalue weighted by Gasteiger charge is 2.29. The first-order chi connectivity index (χ1) is 7.99. The third-order valence-electron chi connectivity index (χ3n) is 2.07. The minimum absolute atomic E-state index is 0.142. The average molecular weight is 249 g/mol. The van der Waals surface area contributed by atoms with Crippen molar-refractivity contribution in [3.63, 3.8) is 0 Å². The van der Waals surface area contributed by atoms with E-state index in [9.17, 15) is 12.9 Å². The van der Waals surface area contributed by atoms with Gasteiger partial charge >= 0.3 is 6.98 Å². The van der Waals surface area contributed by atoms with Crippen LogP contribution in [0, 0.1) is 0 Å². The molecule has 0 radical (unpaired) electrons. The minimum Gasteiger partial charge on any atom is -0.497 e. The summed E-state index contributed by atoms with van der Waals surface area (Å²) in [7, 11) is 1.31. The van der Waals surface area contributed by atoms with Crippen molar-refractivity contribution in [2.24, 2.45) is 0 Å². The maximum absolute atomic E-state index is 12.8. The SMILES string of the molecule is CCOCOc1ccc(OC)cc1[B-](F)(F)F. The molecule has 0 spiro atoms. The fraction of sp³-hybridized carbons (Fsp3) is 0.400. The van der Waals surface area contributed by atoms with Gasteiger partial charge in [0.2, 0.25) is 0 Å². The zero-order valence-corrected chi connectivity index (χ0v) is 9.58. The number of hydrogen-bond donors (Lipinski definition) is 0. The number of halogens is 3. The van der Waals surface area contributed by atoms with Gasteiger partial charge in [0.05, 0.1) is 12.9 Å². The van der Waals surface area contributed by atoms with Crippen molar-refractivity contribution >= 4 is 12.4 Å². The Labute approximate surface area is 97.5 Å². The van der Waals surface area contributed by atoms with Gasteiger partial charge in [-0.15, -0.1) is 0 Å². The third kappa shape index (κ3) is 3.85. The first kappa shape index (κ1) is 13.7. The van der Waals surface area contributed by atoms with Gasteiger partial charge in [0.25, 0.3) is 0 Å². The van der Waals surface area contributed by atoms with Crippen LogP contribution in [-0.4, -0.2) is 27.5 Å². The van der Waals surface area contributed by atoms with Crippen LogP contribution in [0.25, 0.3) is 0 Å². The first-order valence-corrected chi connectivity index (χ1v) is 5.07. The summed E-state index contributed by atoms with van der Waals surface area (Å²) in [5, 5.41) is 0. The molecule has 0 aliphatic rings. The fourth-order valence-corrected chi connectivity index (χ4v) is 1.23. The average Bonchev–Trinajstić information content (AvgIpc) is 2.28. The second-order valence-electron chi connectivity index (χ2n) is 3.23. The number of ether oxygens (including phenoxy) is 3. The summed E-state index contributed by atoms with van der Waals surface area (Å²) in [4.78, 5) is 0. The largest absolute Gasteiger partial charge is 0.513 e. The molecule has 0 fully saturated rings. The molecule has 0 aromatic heterocycles. The summed E-state index contributed by atoms with van der Waals surface area (Å²) in [5.74, 6) is -0.102. The Morgan fingerprint density at radius 2 is 1.94 bits per heavy atom. The molecule has 0 aliphatic heterocycles. The third-order valence-corrected chi connectivity index (χ3v) is 2.07. The second kappa shape index (κ2) is 5.81. The van der Waals surface area contributed by atoms with Crippen LogP contribution in [0.15, 0.2) is 18.2 Å². The Morgan fingerprint density at radius 1 is 1.24 bits per heavy atom. The number of hydrogen-bond acceptors (Lipinski definition) is 3. The van der Waals surface area contributed by atoms with E-state index in [1.165, 1.54) is 19.2 Å². The molecular weight excluding hydrogens is 236 g/mol. The molecule has 0 saturated carbocycles. The van der Waals surface area contributed by atoms with Gasteiger partial charge in [-0.3, -0.25) is 0 Å². The van der Waals surface area contributed by atoms with E-state index in [0.717, 1.165) is 6.07 Å². The maximum atomic E-state index is 12.8. The predicted molar refractivity (Wildman–Crippen MR) is 58.8 cm³/mol. The number of rotatable bonds is 6. The molecule has 0 atom stereocenters. The molecule has 1 aromatic carbocycles. The highest BCUT2D eigenvalue weighted by molar-refractivity contribution is 6.74. The summed E-state index contributed by atoms with van der Waals surface area (Å²) >= 11 is 0. The van der Waals surface area contributed by atoms with Gasteiger partial charge in [0, 0.05) is 6.61 Å². The van der Waals surface area contributed by atoms with Crippen molar-refractivity contribution in [2.45, 2.75) is 6.92 Å². The lowest BCUT2D eigenvalue weighted by Crippen LogP contribution is -2.35. The molecule has 1 rings (SSSR count). The van der Waals surface area contributed by atoms with Crippen LogP contribution >= 0.6 is 0 Å². The zero-order chi connectivity index (χ0) is 12.9. The molecule has 0 saturated heterocycles. The van der Waals surface area contributed by atoms with Gasteiger partial charge in [-0.25, -0.2) is 0 Å². The van der Waals surface area contributed by atoms with Crippen LogP contribution in [0.4, 0.5) is 12.9 Å². The quantitative estimate of drug-likeness (QED) is 0.439. The zero-order valence-electron chi connectivity index (χ0n) is 9.58. The van der Waals surface area contributed by atoms with Gasteiger partial charge in [-0.05, 0) is 25.1 Å². The van der Waals surface area contributed by atoms with E-state index in [2.05, 4.69) is 0 Å². The Morgan fingerprint density at radius 3 is 2.47 bits per heavy atom. The maximum Gasteiger partial charge on any atom is 0.513 e. The Hall–Kier alpha value is -1.37. The van der Waals surface area contributed by atoms with E-state index in [1.807, 2.05) is 0 Å². The van der Waals surface area contributed by atoms with Crippen molar-refractivity contribution in [2.75, 3.05) is 20.5 Å². The van der Waals surface area contributed by atoms with Crippen molar-refractivity contribution < 1.29 is 27.2 Å². The molecule has 0 amide bonds. The van der Waals surface area contributed by atoms with E-state index in [4.69, 9.17) is 14.2 Å². The molecule has 0 bridgehead atoms. The van der Waals surface area contributed by atoms with Crippen molar-refractivity contribution in [1.82, 2.24) is 0 Å². The predicted octanol–water partition coefficient (Wildman–Crippen LogP) is 2.12. The van der Waals surface area contributed by atoms with E-state index in [1.54, 1.807) is 6.92 Å². The summed E-state index contributed by atoms with van der Waals surface area (Å²) in [6, 6.07) is 3.55. The van der Waals surface area contributed by atoms with Crippen LogP contribution in [0.2, 0.25) is 0 Å². The normalized spacial score (nSPS) is 11.4. The molecule has 0 unspecified atom stereocenters. The number of benzene rings is 1. The standard InChI is InChI=1S/C10H13BF3O3/c1-3-16-7-17-10-5-4-8(15-2)6-9(10)11(12,13)14/h4-6H,3,7H2,1-2H3/q-1. The molecule has 0 heterocycles. The lowest BCUT2D eigenvalue weighted by molar-refractivity contribution is 0.0228.